The van der Waals surface area contributed by atoms with Gasteiger partial charge in [0, 0.05) is 56.3 Å². The first-order valence-corrected chi connectivity index (χ1v) is 15.2. The Morgan fingerprint density at radius 2 is 1.70 bits per heavy atom. The Kier molecular flexibility index (Phi) is 8.26. The molecule has 2 aromatic heterocycles. The molecule has 1 aromatic carbocycles. The lowest BCUT2D eigenvalue weighted by atomic mass is 9.71. The van der Waals surface area contributed by atoms with E-state index in [1.165, 1.54) is 17.7 Å². The highest BCUT2D eigenvalue weighted by atomic mass is 19.4. The molecule has 2 fully saturated rings. The van der Waals surface area contributed by atoms with Crippen molar-refractivity contribution < 1.29 is 22.8 Å². The number of hydrogen-bond donors (Lipinski definition) is 1. The van der Waals surface area contributed by atoms with E-state index >= 15 is 0 Å². The maximum Gasteiger partial charge on any atom is 0.389 e. The molecule has 11 heteroatoms. The van der Waals surface area contributed by atoms with Gasteiger partial charge in [0.2, 0.25) is 5.91 Å². The lowest BCUT2D eigenvalue weighted by Crippen LogP contribution is -2.47. The number of pyridine rings is 1. The minimum absolute atomic E-state index is 0.0900. The average Bonchev–Trinajstić information content (AvgIpc) is 3.43. The van der Waals surface area contributed by atoms with Crippen LogP contribution in [-0.4, -0.2) is 81.7 Å². The van der Waals surface area contributed by atoms with E-state index in [-0.39, 0.29) is 12.5 Å². The SMILES string of the molecule is O=C(CCC(F)(F)F)N1CC=C(c2cccn3nc(Cc4ccc(C(=O)N5CCC6(CCNCC6)CC5)cc4)nc23)CC1. The Morgan fingerprint density at radius 3 is 2.37 bits per heavy atom. The highest BCUT2D eigenvalue weighted by molar-refractivity contribution is 5.94. The number of carbonyl (C=O) groups excluding carboxylic acids is 2. The molecule has 43 heavy (non-hydrogen) atoms. The molecule has 1 N–H and O–H groups in total. The zero-order valence-corrected chi connectivity index (χ0v) is 24.2. The first-order valence-electron chi connectivity index (χ1n) is 15.2. The van der Waals surface area contributed by atoms with E-state index in [2.05, 4.69) is 10.4 Å². The summed E-state index contributed by atoms with van der Waals surface area (Å²) < 4.78 is 39.3. The van der Waals surface area contributed by atoms with E-state index in [4.69, 9.17) is 4.98 Å². The first kappa shape index (κ1) is 29.3. The number of hydrogen-bond acceptors (Lipinski definition) is 5. The summed E-state index contributed by atoms with van der Waals surface area (Å²) in [6.45, 7) is 4.43. The van der Waals surface area contributed by atoms with Gasteiger partial charge in [-0.1, -0.05) is 18.2 Å². The highest BCUT2D eigenvalue weighted by Gasteiger charge is 2.37. The normalized spacial score (nSPS) is 19.1. The molecule has 228 valence electrons. The highest BCUT2D eigenvalue weighted by Crippen LogP contribution is 2.39. The van der Waals surface area contributed by atoms with Crippen molar-refractivity contribution in [3.8, 4) is 0 Å². The van der Waals surface area contributed by atoms with Gasteiger partial charge in [0.25, 0.3) is 5.91 Å². The smallest absolute Gasteiger partial charge is 0.339 e. The Morgan fingerprint density at radius 1 is 0.953 bits per heavy atom. The number of carbonyl (C=O) groups is 2. The van der Waals surface area contributed by atoms with Gasteiger partial charge in [-0.25, -0.2) is 9.50 Å². The Bertz CT molecular complexity index is 1500. The number of nitrogens with one attached hydrogen (secondary N) is 1. The standard InChI is InChI=1S/C32H37F3N6O2/c33-32(34,35)10-7-28(42)39-18-8-24(9-19-39)26-2-1-17-41-29(26)37-27(38-41)22-23-3-5-25(6-4-23)30(43)40-20-13-31(14-21-40)11-15-36-16-12-31/h1-6,8,17,36H,7,9-16,18-22H2. The topological polar surface area (TPSA) is 82.8 Å². The van der Waals surface area contributed by atoms with Crippen LogP contribution < -0.4 is 5.32 Å². The third-order valence-electron chi connectivity index (χ3n) is 9.27. The summed E-state index contributed by atoms with van der Waals surface area (Å²) in [5, 5.41) is 8.10. The molecule has 0 bridgehead atoms. The molecule has 2 saturated heterocycles. The van der Waals surface area contributed by atoms with Crippen molar-refractivity contribution >= 4 is 23.0 Å². The second-order valence-corrected chi connectivity index (χ2v) is 12.1. The summed E-state index contributed by atoms with van der Waals surface area (Å²) in [6, 6.07) is 11.5. The van der Waals surface area contributed by atoms with E-state index in [1.807, 2.05) is 53.6 Å². The minimum atomic E-state index is -4.34. The fourth-order valence-corrected chi connectivity index (χ4v) is 6.59. The number of benzene rings is 1. The van der Waals surface area contributed by atoms with Crippen LogP contribution in [0.4, 0.5) is 13.2 Å². The summed E-state index contributed by atoms with van der Waals surface area (Å²) in [5.41, 5.74) is 4.70. The van der Waals surface area contributed by atoms with Gasteiger partial charge in [0.05, 0.1) is 6.42 Å². The predicted molar refractivity (Wildman–Crippen MR) is 156 cm³/mol. The second-order valence-electron chi connectivity index (χ2n) is 12.1. The van der Waals surface area contributed by atoms with Crippen LogP contribution in [0.3, 0.4) is 0 Å². The Hall–Kier alpha value is -3.73. The van der Waals surface area contributed by atoms with Gasteiger partial charge in [0.15, 0.2) is 11.5 Å². The van der Waals surface area contributed by atoms with Crippen LogP contribution in [0.1, 0.15) is 72.3 Å². The number of likely N-dealkylation sites (tertiary alicyclic amines) is 1. The monoisotopic (exact) mass is 594 g/mol. The number of nitrogens with zero attached hydrogens (tertiary/aromatic N) is 5. The third kappa shape index (κ3) is 6.76. The number of piperidine rings is 2. The van der Waals surface area contributed by atoms with Crippen molar-refractivity contribution in [3.63, 3.8) is 0 Å². The number of rotatable bonds is 6. The second kappa shape index (κ2) is 12.1. The number of aromatic nitrogens is 3. The molecule has 0 unspecified atom stereocenters. The molecule has 0 aliphatic carbocycles. The van der Waals surface area contributed by atoms with Gasteiger partial charge in [-0.05, 0) is 86.0 Å². The molecule has 0 saturated carbocycles. The van der Waals surface area contributed by atoms with Crippen LogP contribution in [0.15, 0.2) is 48.7 Å². The summed E-state index contributed by atoms with van der Waals surface area (Å²) in [4.78, 5) is 33.7. The molecule has 2 amide bonds. The van der Waals surface area contributed by atoms with E-state index in [1.54, 1.807) is 4.52 Å². The van der Waals surface area contributed by atoms with Crippen molar-refractivity contribution in [2.24, 2.45) is 5.41 Å². The van der Waals surface area contributed by atoms with E-state index in [0.29, 0.717) is 41.8 Å². The predicted octanol–water partition coefficient (Wildman–Crippen LogP) is 4.88. The van der Waals surface area contributed by atoms with Gasteiger partial charge >= 0.3 is 6.18 Å². The molecule has 3 aliphatic rings. The molecule has 6 rings (SSSR count). The number of alkyl halides is 3. The molecule has 1 spiro atoms. The molecule has 0 radical (unpaired) electrons. The van der Waals surface area contributed by atoms with E-state index in [0.717, 1.165) is 55.7 Å². The van der Waals surface area contributed by atoms with Crippen molar-refractivity contribution in [1.82, 2.24) is 29.7 Å². The zero-order chi connectivity index (χ0) is 30.0. The number of halogens is 3. The zero-order valence-electron chi connectivity index (χ0n) is 24.2. The lowest BCUT2D eigenvalue weighted by molar-refractivity contribution is -0.148. The van der Waals surface area contributed by atoms with Crippen molar-refractivity contribution in [1.29, 1.82) is 0 Å². The minimum Gasteiger partial charge on any atom is -0.339 e. The molecule has 3 aliphatic heterocycles. The fraction of sp³-hybridized carbons (Fsp3) is 0.500. The summed E-state index contributed by atoms with van der Waals surface area (Å²) >= 11 is 0. The summed E-state index contributed by atoms with van der Waals surface area (Å²) in [7, 11) is 0. The van der Waals surface area contributed by atoms with Crippen LogP contribution in [0.2, 0.25) is 0 Å². The van der Waals surface area contributed by atoms with Crippen molar-refractivity contribution in [2.75, 3.05) is 39.3 Å². The quantitative estimate of drug-likeness (QED) is 0.440. The van der Waals surface area contributed by atoms with Crippen molar-refractivity contribution in [2.45, 2.75) is 57.5 Å². The molecule has 8 nitrogen and oxygen atoms in total. The summed E-state index contributed by atoms with van der Waals surface area (Å²) in [6.07, 6.45) is 3.37. The number of fused-ring (bicyclic) bond motifs is 1. The van der Waals surface area contributed by atoms with Crippen LogP contribution in [-0.2, 0) is 11.2 Å². The third-order valence-corrected chi connectivity index (χ3v) is 9.27. The lowest BCUT2D eigenvalue weighted by Gasteiger charge is -2.44. The van der Waals surface area contributed by atoms with Gasteiger partial charge in [-0.3, -0.25) is 9.59 Å². The van der Waals surface area contributed by atoms with E-state index < -0.39 is 24.9 Å². The number of amides is 2. The Balaban J connectivity index is 1.08. The van der Waals surface area contributed by atoms with Gasteiger partial charge < -0.3 is 15.1 Å². The van der Waals surface area contributed by atoms with Crippen LogP contribution in [0.5, 0.6) is 0 Å². The maximum absolute atomic E-state index is 13.2. The average molecular weight is 595 g/mol. The van der Waals surface area contributed by atoms with Crippen LogP contribution in [0.25, 0.3) is 11.2 Å². The maximum atomic E-state index is 13.2. The molecular formula is C32H37F3N6O2. The van der Waals surface area contributed by atoms with Gasteiger partial charge in [-0.2, -0.15) is 18.3 Å². The van der Waals surface area contributed by atoms with Gasteiger partial charge in [-0.15, -0.1) is 0 Å². The van der Waals surface area contributed by atoms with Crippen molar-refractivity contribution in [3.05, 3.63) is 71.2 Å². The van der Waals surface area contributed by atoms with E-state index in [9.17, 15) is 22.8 Å². The Labute approximate surface area is 248 Å². The first-order chi connectivity index (χ1) is 20.7. The largest absolute Gasteiger partial charge is 0.389 e. The van der Waals surface area contributed by atoms with Gasteiger partial charge in [0.1, 0.15) is 0 Å². The molecule has 5 heterocycles. The summed E-state index contributed by atoms with van der Waals surface area (Å²) in [5.74, 6) is 0.257. The molecule has 0 atom stereocenters. The molecule has 3 aromatic rings. The fourth-order valence-electron chi connectivity index (χ4n) is 6.59. The van der Waals surface area contributed by atoms with Crippen LogP contribution >= 0.6 is 0 Å². The van der Waals surface area contributed by atoms with Crippen LogP contribution in [0, 0.1) is 5.41 Å². The molecular weight excluding hydrogens is 557 g/mol.